The van der Waals surface area contributed by atoms with E-state index in [-0.39, 0.29) is 11.2 Å². The largest absolute Gasteiger partial charge is 0.475 e. The number of thioether (sulfide) groups is 1. The smallest absolute Gasteiger partial charge is 0.378 e. The topological polar surface area (TPSA) is 90.5 Å². The summed E-state index contributed by atoms with van der Waals surface area (Å²) in [4.78, 5) is 21.4. The number of hydrogen-bond acceptors (Lipinski definition) is 5. The van der Waals surface area contributed by atoms with Crippen LogP contribution >= 0.6 is 24.0 Å². The molecule has 0 radical (unpaired) electrons. The number of nitrogens with one attached hydrogen (secondary N) is 3. The number of ketones is 1. The molecule has 1 heterocycles. The molecule has 1 rings (SSSR count). The number of carboxylic acids is 1. The first kappa shape index (κ1) is 11.8. The summed E-state index contributed by atoms with van der Waals surface area (Å²) in [6, 6.07) is 0. The van der Waals surface area contributed by atoms with Crippen LogP contribution in [0.5, 0.6) is 0 Å². The summed E-state index contributed by atoms with van der Waals surface area (Å²) in [5.74, 6) is -2.44. The lowest BCUT2D eigenvalue weighted by molar-refractivity contribution is -0.147. The first-order valence-corrected chi connectivity index (χ1v) is 5.27. The minimum absolute atomic E-state index is 0.0592. The quantitative estimate of drug-likeness (QED) is 0.380. The van der Waals surface area contributed by atoms with Gasteiger partial charge in [-0.1, -0.05) is 11.8 Å². The van der Waals surface area contributed by atoms with Gasteiger partial charge in [-0.3, -0.25) is 4.79 Å². The van der Waals surface area contributed by atoms with Crippen LogP contribution in [0.1, 0.15) is 0 Å². The Morgan fingerprint density at radius 2 is 2.33 bits per heavy atom. The summed E-state index contributed by atoms with van der Waals surface area (Å²) in [5, 5.41) is 18.5. The normalized spacial score (nSPS) is 18.7. The third kappa shape index (κ3) is 3.10. The van der Waals surface area contributed by atoms with Gasteiger partial charge in [0.1, 0.15) is 0 Å². The van der Waals surface area contributed by atoms with E-state index in [1.54, 1.807) is 7.05 Å². The average molecular weight is 247 g/mol. The highest BCUT2D eigenvalue weighted by Gasteiger charge is 2.25. The fraction of sp³-hybridized carbons (Fsp3) is 0.286. The number of Topliss-reactive ketones (excluding diaryl/α,β-unsaturated/α-hetero) is 1. The van der Waals surface area contributed by atoms with E-state index in [0.717, 1.165) is 0 Å². The molecule has 82 valence electrons. The van der Waals surface area contributed by atoms with Crippen molar-refractivity contribution in [1.82, 2.24) is 16.0 Å². The molecule has 0 aliphatic carbocycles. The van der Waals surface area contributed by atoms with Crippen molar-refractivity contribution < 1.29 is 14.7 Å². The van der Waals surface area contributed by atoms with Crippen LogP contribution in [0.4, 0.5) is 0 Å². The molecule has 0 spiro atoms. The highest BCUT2D eigenvalue weighted by molar-refractivity contribution is 8.03. The zero-order chi connectivity index (χ0) is 11.4. The van der Waals surface area contributed by atoms with Crippen LogP contribution in [0.3, 0.4) is 0 Å². The lowest BCUT2D eigenvalue weighted by atomic mass is 10.3. The number of carboxylic acid groups (broad SMARTS) is 1. The van der Waals surface area contributed by atoms with Crippen molar-refractivity contribution in [1.29, 1.82) is 0 Å². The Labute approximate surface area is 95.5 Å². The molecule has 0 saturated carbocycles. The van der Waals surface area contributed by atoms with E-state index in [4.69, 9.17) is 17.3 Å². The molecule has 0 amide bonds. The van der Waals surface area contributed by atoms with E-state index in [9.17, 15) is 9.59 Å². The van der Waals surface area contributed by atoms with Crippen molar-refractivity contribution in [3.05, 3.63) is 11.1 Å². The molecule has 15 heavy (non-hydrogen) atoms. The van der Waals surface area contributed by atoms with Crippen LogP contribution in [0.2, 0.25) is 0 Å². The lowest BCUT2D eigenvalue weighted by Gasteiger charge is -2.15. The SMILES string of the molecule is CNC(=S)NC1NC(C(=O)C(=O)O)=CS1. The molecular weight excluding hydrogens is 238 g/mol. The van der Waals surface area contributed by atoms with Crippen molar-refractivity contribution in [3.8, 4) is 0 Å². The zero-order valence-electron chi connectivity index (χ0n) is 7.73. The maximum absolute atomic E-state index is 11.0. The van der Waals surface area contributed by atoms with Crippen LogP contribution in [-0.2, 0) is 9.59 Å². The van der Waals surface area contributed by atoms with Crippen molar-refractivity contribution in [2.24, 2.45) is 0 Å². The molecule has 8 heteroatoms. The third-order valence-corrected chi connectivity index (χ3v) is 2.74. The molecule has 0 fully saturated rings. The van der Waals surface area contributed by atoms with Gasteiger partial charge in [0, 0.05) is 12.5 Å². The van der Waals surface area contributed by atoms with Gasteiger partial charge in [-0.05, 0) is 12.2 Å². The van der Waals surface area contributed by atoms with Gasteiger partial charge in [0.05, 0.1) is 5.70 Å². The molecule has 1 aliphatic rings. The van der Waals surface area contributed by atoms with Gasteiger partial charge in [0.2, 0.25) is 0 Å². The van der Waals surface area contributed by atoms with Crippen molar-refractivity contribution in [2.45, 2.75) is 5.50 Å². The van der Waals surface area contributed by atoms with Crippen molar-refractivity contribution in [2.75, 3.05) is 7.05 Å². The van der Waals surface area contributed by atoms with E-state index in [0.29, 0.717) is 5.11 Å². The number of carbonyl (C=O) groups excluding carboxylic acids is 1. The Morgan fingerprint density at radius 1 is 1.67 bits per heavy atom. The molecule has 1 unspecified atom stereocenters. The third-order valence-electron chi connectivity index (χ3n) is 1.54. The van der Waals surface area contributed by atoms with Gasteiger partial charge in [0.25, 0.3) is 5.78 Å². The zero-order valence-corrected chi connectivity index (χ0v) is 9.37. The summed E-state index contributed by atoms with van der Waals surface area (Å²) in [5.41, 5.74) is -0.257. The summed E-state index contributed by atoms with van der Waals surface area (Å²) in [6.07, 6.45) is 0. The molecule has 0 saturated heterocycles. The Morgan fingerprint density at radius 3 is 2.87 bits per heavy atom. The highest BCUT2D eigenvalue weighted by atomic mass is 32.2. The second kappa shape index (κ2) is 4.99. The van der Waals surface area contributed by atoms with E-state index < -0.39 is 11.8 Å². The number of hydrogen-bond donors (Lipinski definition) is 4. The standard InChI is InChI=1S/C7H9N3O3S2/c1-8-6(14)10-7-9-3(2-15-7)4(11)5(12)13/h2,7,9H,1H3,(H,12,13)(H2,8,10,14). The lowest BCUT2D eigenvalue weighted by Crippen LogP contribution is -2.45. The van der Waals surface area contributed by atoms with Gasteiger partial charge in [-0.2, -0.15) is 0 Å². The number of carbonyl (C=O) groups is 2. The van der Waals surface area contributed by atoms with Crippen LogP contribution in [0, 0.1) is 0 Å². The average Bonchev–Trinajstić information content (AvgIpc) is 2.64. The molecule has 0 aromatic rings. The molecule has 0 bridgehead atoms. The predicted molar refractivity (Wildman–Crippen MR) is 60.0 cm³/mol. The maximum Gasteiger partial charge on any atom is 0.378 e. The first-order chi connectivity index (χ1) is 7.04. The Balaban J connectivity index is 2.47. The number of aliphatic carboxylic acids is 1. The van der Waals surface area contributed by atoms with Crippen LogP contribution < -0.4 is 16.0 Å². The molecule has 1 atom stereocenters. The van der Waals surface area contributed by atoms with Crippen LogP contribution in [0.15, 0.2) is 11.1 Å². The summed E-state index contributed by atoms with van der Waals surface area (Å²) < 4.78 is 0. The van der Waals surface area contributed by atoms with Crippen LogP contribution in [0.25, 0.3) is 0 Å². The Hall–Kier alpha value is -1.28. The van der Waals surface area contributed by atoms with E-state index >= 15 is 0 Å². The molecule has 1 aliphatic heterocycles. The van der Waals surface area contributed by atoms with Gasteiger partial charge in [-0.25, -0.2) is 4.79 Å². The Bertz CT molecular complexity index is 342. The van der Waals surface area contributed by atoms with Crippen molar-refractivity contribution >= 4 is 40.8 Å². The van der Waals surface area contributed by atoms with Gasteiger partial charge >= 0.3 is 5.97 Å². The van der Waals surface area contributed by atoms with Gasteiger partial charge in [-0.15, -0.1) is 0 Å². The minimum atomic E-state index is -1.48. The summed E-state index contributed by atoms with van der Waals surface area (Å²) >= 11 is 6.09. The summed E-state index contributed by atoms with van der Waals surface area (Å²) in [6.45, 7) is 0. The number of rotatable bonds is 3. The summed E-state index contributed by atoms with van der Waals surface area (Å²) in [7, 11) is 1.66. The van der Waals surface area contributed by atoms with Gasteiger partial charge in [0.15, 0.2) is 10.6 Å². The van der Waals surface area contributed by atoms with E-state index in [1.807, 2.05) is 0 Å². The van der Waals surface area contributed by atoms with Gasteiger partial charge < -0.3 is 21.1 Å². The Kier molecular flexibility index (Phi) is 3.92. The fourth-order valence-corrected chi connectivity index (χ4v) is 1.86. The predicted octanol–water partition coefficient (Wildman–Crippen LogP) is -0.805. The maximum atomic E-state index is 11.0. The second-order valence-electron chi connectivity index (χ2n) is 2.55. The molecule has 0 aromatic carbocycles. The molecule has 6 nitrogen and oxygen atoms in total. The first-order valence-electron chi connectivity index (χ1n) is 3.92. The molecule has 0 aromatic heterocycles. The second-order valence-corrected chi connectivity index (χ2v) is 3.94. The van der Waals surface area contributed by atoms with E-state index in [2.05, 4.69) is 16.0 Å². The molecular formula is C7H9N3O3S2. The van der Waals surface area contributed by atoms with E-state index in [1.165, 1.54) is 17.2 Å². The fourth-order valence-electron chi connectivity index (χ4n) is 0.841. The number of thiocarbonyl (C=S) groups is 1. The minimum Gasteiger partial charge on any atom is -0.475 e. The van der Waals surface area contributed by atoms with Crippen molar-refractivity contribution in [3.63, 3.8) is 0 Å². The monoisotopic (exact) mass is 247 g/mol. The highest BCUT2D eigenvalue weighted by Crippen LogP contribution is 2.19. The molecule has 4 N–H and O–H groups in total. The van der Waals surface area contributed by atoms with Crippen LogP contribution in [-0.4, -0.2) is 34.5 Å².